The summed E-state index contributed by atoms with van der Waals surface area (Å²) in [7, 11) is 0. The van der Waals surface area contributed by atoms with Crippen LogP contribution in [0.3, 0.4) is 0 Å². The molecular weight excluding hydrogens is 392 g/mol. The molecule has 8 heteroatoms. The van der Waals surface area contributed by atoms with Gasteiger partial charge in [0, 0.05) is 29.9 Å². The van der Waals surface area contributed by atoms with Gasteiger partial charge in [0.2, 0.25) is 0 Å². The molecule has 0 aromatic carbocycles. The lowest BCUT2D eigenvalue weighted by molar-refractivity contribution is -0.182. The van der Waals surface area contributed by atoms with Gasteiger partial charge in [-0.05, 0) is 18.8 Å². The summed E-state index contributed by atoms with van der Waals surface area (Å²) in [4.78, 5) is 24.3. The molecule has 2 saturated carbocycles. The second-order valence-corrected chi connectivity index (χ2v) is 10.6. The van der Waals surface area contributed by atoms with Crippen LogP contribution in [0.25, 0.3) is 0 Å². The fourth-order valence-corrected chi connectivity index (χ4v) is 8.00. The zero-order valence-electron chi connectivity index (χ0n) is 17.5. The monoisotopic (exact) mass is 418 g/mol. The van der Waals surface area contributed by atoms with Crippen LogP contribution in [0.4, 0.5) is 0 Å². The summed E-state index contributed by atoms with van der Waals surface area (Å²) in [5.74, 6) is -0.587. The maximum Gasteiger partial charge on any atom is 0.334 e. The Kier molecular flexibility index (Phi) is 2.81. The summed E-state index contributed by atoms with van der Waals surface area (Å²) >= 11 is 0. The number of hydrogen-bond donors (Lipinski definition) is 1. The van der Waals surface area contributed by atoms with Gasteiger partial charge in [-0.2, -0.15) is 0 Å². The van der Waals surface area contributed by atoms with Crippen molar-refractivity contribution in [2.75, 3.05) is 6.61 Å². The zero-order valence-corrected chi connectivity index (χ0v) is 17.5. The second-order valence-electron chi connectivity index (χ2n) is 10.6. The lowest BCUT2D eigenvalue weighted by atomic mass is 9.45. The Morgan fingerprint density at radius 1 is 1.23 bits per heavy atom. The molecule has 4 aliphatic heterocycles. The van der Waals surface area contributed by atoms with Gasteiger partial charge in [-0.3, -0.25) is 4.79 Å². The number of epoxide rings is 3. The second kappa shape index (κ2) is 4.65. The lowest BCUT2D eigenvalue weighted by Gasteiger charge is -2.57. The van der Waals surface area contributed by atoms with Crippen LogP contribution in [-0.4, -0.2) is 70.5 Å². The Morgan fingerprint density at radius 2 is 2.00 bits per heavy atom. The third kappa shape index (κ3) is 1.47. The summed E-state index contributed by atoms with van der Waals surface area (Å²) in [5, 5.41) is 12.1. The first-order valence-corrected chi connectivity index (χ1v) is 10.9. The van der Waals surface area contributed by atoms with E-state index < -0.39 is 33.9 Å². The molecule has 0 radical (unpaired) electrons. The van der Waals surface area contributed by atoms with Crippen LogP contribution in [0, 0.1) is 11.3 Å². The molecule has 5 fully saturated rings. The summed E-state index contributed by atoms with van der Waals surface area (Å²) in [6.07, 6.45) is 0.0719. The van der Waals surface area contributed by atoms with Crippen LogP contribution in [0.15, 0.2) is 11.1 Å². The van der Waals surface area contributed by atoms with Crippen molar-refractivity contribution in [2.45, 2.75) is 93.8 Å². The normalized spacial score (nSPS) is 58.5. The molecule has 30 heavy (non-hydrogen) atoms. The summed E-state index contributed by atoms with van der Waals surface area (Å²) in [6, 6.07) is 0. The minimum absolute atomic E-state index is 0.114. The van der Waals surface area contributed by atoms with Crippen LogP contribution >= 0.6 is 0 Å². The molecule has 2 spiro atoms. The molecule has 3 aliphatic carbocycles. The van der Waals surface area contributed by atoms with Crippen LogP contribution in [0.1, 0.15) is 47.0 Å². The lowest BCUT2D eigenvalue weighted by Crippen LogP contribution is -2.74. The third-order valence-electron chi connectivity index (χ3n) is 9.52. The highest BCUT2D eigenvalue weighted by molar-refractivity contribution is 5.93. The minimum Gasteiger partial charge on any atom is -0.458 e. The van der Waals surface area contributed by atoms with Crippen molar-refractivity contribution >= 4 is 11.9 Å². The number of carbonyl (C=O) groups is 2. The van der Waals surface area contributed by atoms with Gasteiger partial charge in [0.25, 0.3) is 0 Å². The number of ether oxygens (including phenoxy) is 5. The highest BCUT2D eigenvalue weighted by Gasteiger charge is 3.02. The van der Waals surface area contributed by atoms with Crippen molar-refractivity contribution in [1.29, 1.82) is 0 Å². The minimum atomic E-state index is -1.26. The summed E-state index contributed by atoms with van der Waals surface area (Å²) in [5.41, 5.74) is -2.97. The molecule has 8 nitrogen and oxygen atoms in total. The summed E-state index contributed by atoms with van der Waals surface area (Å²) in [6.45, 7) is 7.70. The molecule has 1 N–H and O–H groups in total. The van der Waals surface area contributed by atoms with E-state index in [-0.39, 0.29) is 42.8 Å². The predicted octanol–water partition coefficient (Wildman–Crippen LogP) is 0.789. The molecule has 7 rings (SSSR count). The van der Waals surface area contributed by atoms with Gasteiger partial charge in [-0.15, -0.1) is 0 Å². The molecular formula is C22H26O8. The first kappa shape index (κ1) is 18.1. The fraction of sp³-hybridized carbons (Fsp3) is 0.818. The number of aliphatic hydroxyl groups is 1. The molecule has 9 atom stereocenters. The Balaban J connectivity index is 1.41. The quantitative estimate of drug-likeness (QED) is 0.518. The number of esters is 2. The van der Waals surface area contributed by atoms with Crippen molar-refractivity contribution in [2.24, 2.45) is 11.3 Å². The van der Waals surface area contributed by atoms with Gasteiger partial charge in [0.05, 0.1) is 6.10 Å². The van der Waals surface area contributed by atoms with E-state index in [0.717, 1.165) is 0 Å². The van der Waals surface area contributed by atoms with E-state index in [1.165, 1.54) is 6.92 Å². The van der Waals surface area contributed by atoms with Gasteiger partial charge in [0.1, 0.15) is 35.6 Å². The van der Waals surface area contributed by atoms with E-state index in [0.29, 0.717) is 30.4 Å². The zero-order chi connectivity index (χ0) is 21.1. The molecule has 0 aromatic rings. The summed E-state index contributed by atoms with van der Waals surface area (Å²) < 4.78 is 30.4. The van der Waals surface area contributed by atoms with Crippen LogP contribution < -0.4 is 0 Å². The molecule has 0 amide bonds. The van der Waals surface area contributed by atoms with Gasteiger partial charge in [0.15, 0.2) is 11.7 Å². The van der Waals surface area contributed by atoms with E-state index in [1.54, 1.807) is 0 Å². The van der Waals surface area contributed by atoms with E-state index in [2.05, 4.69) is 13.8 Å². The Labute approximate surface area is 173 Å². The average Bonchev–Trinajstić information content (AvgIpc) is 3.55. The van der Waals surface area contributed by atoms with E-state index in [4.69, 9.17) is 23.7 Å². The predicted molar refractivity (Wildman–Crippen MR) is 98.1 cm³/mol. The molecule has 162 valence electrons. The first-order valence-electron chi connectivity index (χ1n) is 10.9. The molecule has 3 saturated heterocycles. The van der Waals surface area contributed by atoms with Crippen LogP contribution in [-0.2, 0) is 33.3 Å². The van der Waals surface area contributed by atoms with E-state index in [9.17, 15) is 14.7 Å². The first-order chi connectivity index (χ1) is 14.1. The largest absolute Gasteiger partial charge is 0.458 e. The smallest absolute Gasteiger partial charge is 0.334 e. The maximum absolute atomic E-state index is 12.2. The van der Waals surface area contributed by atoms with Gasteiger partial charge < -0.3 is 28.8 Å². The SMILES string of the molecule is CC(=O)O[C@@H]1[C@@]2(C(C)C)O[C@H]2[C@@H]2O[C@]23[C@]12O[C@H]2C[C@@]1(O)C2=C(CC[C@]31C)C(=O)OC2. The number of carbonyl (C=O) groups excluding carboxylic acids is 2. The molecule has 4 heterocycles. The van der Waals surface area contributed by atoms with Crippen molar-refractivity contribution < 1.29 is 38.4 Å². The van der Waals surface area contributed by atoms with Crippen molar-refractivity contribution in [3.63, 3.8) is 0 Å². The number of cyclic esters (lactones) is 1. The van der Waals surface area contributed by atoms with Crippen molar-refractivity contribution in [1.82, 2.24) is 0 Å². The van der Waals surface area contributed by atoms with Crippen LogP contribution in [0.2, 0.25) is 0 Å². The van der Waals surface area contributed by atoms with E-state index >= 15 is 0 Å². The highest BCUT2D eigenvalue weighted by Crippen LogP contribution is 2.83. The van der Waals surface area contributed by atoms with Gasteiger partial charge in [-0.25, -0.2) is 4.79 Å². The fourth-order valence-electron chi connectivity index (χ4n) is 8.00. The Morgan fingerprint density at radius 3 is 2.70 bits per heavy atom. The highest BCUT2D eigenvalue weighted by atomic mass is 16.8. The molecule has 0 aromatic heterocycles. The van der Waals surface area contributed by atoms with E-state index in [1.807, 2.05) is 6.92 Å². The maximum atomic E-state index is 12.2. The molecule has 0 bridgehead atoms. The number of rotatable bonds is 2. The third-order valence-corrected chi connectivity index (χ3v) is 9.52. The van der Waals surface area contributed by atoms with Gasteiger partial charge >= 0.3 is 11.9 Å². The number of hydrogen-bond acceptors (Lipinski definition) is 8. The topological polar surface area (TPSA) is 110 Å². The molecule has 0 unspecified atom stereocenters. The Hall–Kier alpha value is -1.48. The van der Waals surface area contributed by atoms with Gasteiger partial charge in [-0.1, -0.05) is 20.8 Å². The van der Waals surface area contributed by atoms with Crippen molar-refractivity contribution in [3.8, 4) is 0 Å². The van der Waals surface area contributed by atoms with Crippen molar-refractivity contribution in [3.05, 3.63) is 11.1 Å². The standard InChI is InChI=1S/C22H26O8/c1-9(2)20-14(29-20)15-22(30-15)18(4)6-5-11-12(8-26-16(11)24)19(18,25)7-13-21(22,28-13)17(20)27-10(3)23/h9,13-15,17,25H,5-8H2,1-4H3/t13-,14-,15-,17+,18-,19+,20-,21+,22+/m0/s1. The van der Waals surface area contributed by atoms with Crippen LogP contribution in [0.5, 0.6) is 0 Å². The Bertz CT molecular complexity index is 972. The molecule has 7 aliphatic rings. The average molecular weight is 418 g/mol. The number of fused-ring (bicyclic) bond motifs is 4.